The smallest absolute Gasteiger partial charge is 0.309 e. The van der Waals surface area contributed by atoms with E-state index < -0.39 is 0 Å². The summed E-state index contributed by atoms with van der Waals surface area (Å²) in [5.41, 5.74) is 1.11. The Labute approximate surface area is 183 Å². The molecular formula is C20H30IN3O4. The molecule has 3 rings (SSSR count). The average Bonchev–Trinajstić information content (AvgIpc) is 2.94. The van der Waals surface area contributed by atoms with Crippen molar-refractivity contribution in [3.63, 3.8) is 0 Å². The number of aliphatic imine (C=N–C) groups is 1. The Bertz CT molecular complexity index is 675. The van der Waals surface area contributed by atoms with Gasteiger partial charge in [-0.2, -0.15) is 0 Å². The third-order valence-electron chi connectivity index (χ3n) is 4.89. The van der Waals surface area contributed by atoms with Crippen molar-refractivity contribution in [3.8, 4) is 11.5 Å². The molecule has 0 atom stereocenters. The van der Waals surface area contributed by atoms with Crippen LogP contribution in [0.25, 0.3) is 0 Å². The first-order valence-corrected chi connectivity index (χ1v) is 9.72. The highest BCUT2D eigenvalue weighted by molar-refractivity contribution is 14.0. The Kier molecular flexibility index (Phi) is 9.14. The Hall–Kier alpha value is -1.71. The van der Waals surface area contributed by atoms with Crippen molar-refractivity contribution in [1.82, 2.24) is 10.2 Å². The molecule has 0 radical (unpaired) electrons. The summed E-state index contributed by atoms with van der Waals surface area (Å²) in [7, 11) is 1.79. The molecule has 0 unspecified atom stereocenters. The molecule has 1 fully saturated rings. The summed E-state index contributed by atoms with van der Waals surface area (Å²) in [4.78, 5) is 18.5. The lowest BCUT2D eigenvalue weighted by molar-refractivity contribution is -0.149. The number of hydrogen-bond acceptors (Lipinski definition) is 5. The van der Waals surface area contributed by atoms with Gasteiger partial charge in [-0.1, -0.05) is 6.07 Å². The zero-order valence-corrected chi connectivity index (χ0v) is 18.9. The standard InChI is InChI=1S/C20H29N3O4.HI/c1-3-25-19(24)16-7-9-23(10-8-16)20(21-2)22-14-15-5-6-17-18(13-15)27-12-4-11-26-17;/h5-6,13,16H,3-4,7-12,14H2,1-2H3,(H,21,22);1H. The number of piperidine rings is 1. The molecule has 8 heteroatoms. The molecule has 7 nitrogen and oxygen atoms in total. The minimum Gasteiger partial charge on any atom is -0.490 e. The van der Waals surface area contributed by atoms with Crippen molar-refractivity contribution in [1.29, 1.82) is 0 Å². The lowest BCUT2D eigenvalue weighted by atomic mass is 9.97. The van der Waals surface area contributed by atoms with Crippen LogP contribution in [-0.4, -0.2) is 56.8 Å². The molecule has 0 saturated carbocycles. The quantitative estimate of drug-likeness (QED) is 0.295. The van der Waals surface area contributed by atoms with Crippen LogP contribution < -0.4 is 14.8 Å². The second-order valence-electron chi connectivity index (χ2n) is 6.75. The molecule has 2 aliphatic rings. The molecule has 0 aliphatic carbocycles. The van der Waals surface area contributed by atoms with Gasteiger partial charge in [0.1, 0.15) is 0 Å². The summed E-state index contributed by atoms with van der Waals surface area (Å²) in [5.74, 6) is 2.39. The van der Waals surface area contributed by atoms with Crippen LogP contribution >= 0.6 is 24.0 Å². The first-order chi connectivity index (χ1) is 13.2. The van der Waals surface area contributed by atoms with Crippen molar-refractivity contribution >= 4 is 35.9 Å². The molecule has 28 heavy (non-hydrogen) atoms. The van der Waals surface area contributed by atoms with Crippen molar-refractivity contribution in [3.05, 3.63) is 23.8 Å². The van der Waals surface area contributed by atoms with Crippen LogP contribution in [0.5, 0.6) is 11.5 Å². The first kappa shape index (κ1) is 22.6. The lowest BCUT2D eigenvalue weighted by Gasteiger charge is -2.33. The van der Waals surface area contributed by atoms with Gasteiger partial charge < -0.3 is 24.4 Å². The molecule has 2 heterocycles. The van der Waals surface area contributed by atoms with Crippen LogP contribution in [0.4, 0.5) is 0 Å². The molecule has 1 N–H and O–H groups in total. The van der Waals surface area contributed by atoms with Gasteiger partial charge in [0.05, 0.1) is 25.7 Å². The van der Waals surface area contributed by atoms with Crippen molar-refractivity contribution < 1.29 is 19.0 Å². The number of guanidine groups is 1. The number of carbonyl (C=O) groups is 1. The number of rotatable bonds is 4. The molecule has 1 saturated heterocycles. The summed E-state index contributed by atoms with van der Waals surface area (Å²) in [6.45, 7) is 5.91. The molecule has 1 aromatic rings. The van der Waals surface area contributed by atoms with E-state index in [-0.39, 0.29) is 35.9 Å². The van der Waals surface area contributed by atoms with E-state index in [1.165, 1.54) is 0 Å². The first-order valence-electron chi connectivity index (χ1n) is 9.72. The zero-order chi connectivity index (χ0) is 19.1. The molecule has 1 aromatic carbocycles. The maximum atomic E-state index is 11.9. The summed E-state index contributed by atoms with van der Waals surface area (Å²) in [6.07, 6.45) is 2.49. The highest BCUT2D eigenvalue weighted by atomic mass is 127. The van der Waals surface area contributed by atoms with Crippen LogP contribution in [0.3, 0.4) is 0 Å². The topological polar surface area (TPSA) is 72.4 Å². The summed E-state index contributed by atoms with van der Waals surface area (Å²) < 4.78 is 16.6. The van der Waals surface area contributed by atoms with Gasteiger partial charge in [0.2, 0.25) is 0 Å². The van der Waals surface area contributed by atoms with Crippen molar-refractivity contribution in [2.24, 2.45) is 10.9 Å². The van der Waals surface area contributed by atoms with Gasteiger partial charge in [0, 0.05) is 33.1 Å². The second kappa shape index (κ2) is 11.3. The Morgan fingerprint density at radius 1 is 1.25 bits per heavy atom. The van der Waals surface area contributed by atoms with E-state index in [1.807, 2.05) is 25.1 Å². The fraction of sp³-hybridized carbons (Fsp3) is 0.600. The Morgan fingerprint density at radius 2 is 1.96 bits per heavy atom. The summed E-state index contributed by atoms with van der Waals surface area (Å²) in [5, 5.41) is 3.41. The summed E-state index contributed by atoms with van der Waals surface area (Å²) in [6, 6.07) is 6.03. The van der Waals surface area contributed by atoms with Crippen LogP contribution in [0.1, 0.15) is 31.7 Å². The molecule has 2 aliphatic heterocycles. The number of hydrogen-bond donors (Lipinski definition) is 1. The minimum absolute atomic E-state index is 0. The minimum atomic E-state index is -0.0766. The predicted octanol–water partition coefficient (Wildman–Crippen LogP) is 2.82. The molecule has 0 spiro atoms. The van der Waals surface area contributed by atoms with Gasteiger partial charge in [-0.3, -0.25) is 9.79 Å². The highest BCUT2D eigenvalue weighted by Crippen LogP contribution is 2.30. The van der Waals surface area contributed by atoms with E-state index >= 15 is 0 Å². The van der Waals surface area contributed by atoms with E-state index in [0.717, 1.165) is 55.4 Å². The SMILES string of the molecule is CCOC(=O)C1CCN(C(=NC)NCc2ccc3c(c2)OCCCO3)CC1.I. The number of ether oxygens (including phenoxy) is 3. The molecule has 156 valence electrons. The molecule has 0 amide bonds. The zero-order valence-electron chi connectivity index (χ0n) is 16.6. The van der Waals surface area contributed by atoms with Crippen LogP contribution in [0, 0.1) is 5.92 Å². The maximum absolute atomic E-state index is 11.9. The third-order valence-corrected chi connectivity index (χ3v) is 4.89. The van der Waals surface area contributed by atoms with E-state index in [4.69, 9.17) is 14.2 Å². The van der Waals surface area contributed by atoms with E-state index in [9.17, 15) is 4.79 Å². The second-order valence-corrected chi connectivity index (χ2v) is 6.75. The van der Waals surface area contributed by atoms with Gasteiger partial charge in [-0.25, -0.2) is 0 Å². The fourth-order valence-corrected chi connectivity index (χ4v) is 3.42. The average molecular weight is 503 g/mol. The number of benzene rings is 1. The van der Waals surface area contributed by atoms with Crippen LogP contribution in [0.2, 0.25) is 0 Å². The van der Waals surface area contributed by atoms with Gasteiger partial charge in [-0.05, 0) is 37.5 Å². The van der Waals surface area contributed by atoms with E-state index in [1.54, 1.807) is 7.05 Å². The maximum Gasteiger partial charge on any atom is 0.309 e. The molecule has 0 aromatic heterocycles. The third kappa shape index (κ3) is 5.89. The number of esters is 1. The lowest BCUT2D eigenvalue weighted by Crippen LogP contribution is -2.46. The normalized spacial score (nSPS) is 17.4. The number of nitrogens with one attached hydrogen (secondary N) is 1. The number of carbonyl (C=O) groups excluding carboxylic acids is 1. The van der Waals surface area contributed by atoms with Crippen molar-refractivity contribution in [2.75, 3.05) is 40.0 Å². The van der Waals surface area contributed by atoms with E-state index in [0.29, 0.717) is 26.4 Å². The number of likely N-dealkylation sites (tertiary alicyclic amines) is 1. The Balaban J connectivity index is 0.00000280. The van der Waals surface area contributed by atoms with Crippen LogP contribution in [0.15, 0.2) is 23.2 Å². The monoisotopic (exact) mass is 503 g/mol. The van der Waals surface area contributed by atoms with E-state index in [2.05, 4.69) is 15.2 Å². The van der Waals surface area contributed by atoms with Gasteiger partial charge in [0.25, 0.3) is 0 Å². The summed E-state index contributed by atoms with van der Waals surface area (Å²) >= 11 is 0. The van der Waals surface area contributed by atoms with Crippen LogP contribution in [-0.2, 0) is 16.1 Å². The number of halogens is 1. The molecular weight excluding hydrogens is 473 g/mol. The van der Waals surface area contributed by atoms with Gasteiger partial charge in [-0.15, -0.1) is 24.0 Å². The Morgan fingerprint density at radius 3 is 2.64 bits per heavy atom. The highest BCUT2D eigenvalue weighted by Gasteiger charge is 2.27. The molecule has 0 bridgehead atoms. The number of nitrogens with zero attached hydrogens (tertiary/aromatic N) is 2. The predicted molar refractivity (Wildman–Crippen MR) is 119 cm³/mol. The van der Waals surface area contributed by atoms with Gasteiger partial charge in [0.15, 0.2) is 17.5 Å². The van der Waals surface area contributed by atoms with Gasteiger partial charge >= 0.3 is 5.97 Å². The fourth-order valence-electron chi connectivity index (χ4n) is 3.42. The van der Waals surface area contributed by atoms with Crippen molar-refractivity contribution in [2.45, 2.75) is 32.7 Å². The largest absolute Gasteiger partial charge is 0.490 e. The number of fused-ring (bicyclic) bond motifs is 1.